The van der Waals surface area contributed by atoms with Crippen LogP contribution >= 0.6 is 0 Å². The summed E-state index contributed by atoms with van der Waals surface area (Å²) < 4.78 is 0. The molecule has 108 valence electrons. The normalized spacial score (nSPS) is 13.6. The summed E-state index contributed by atoms with van der Waals surface area (Å²) in [6, 6.07) is 0. The lowest BCUT2D eigenvalue weighted by Gasteiger charge is -2.25. The van der Waals surface area contributed by atoms with Gasteiger partial charge in [-0.1, -0.05) is 32.6 Å². The van der Waals surface area contributed by atoms with Gasteiger partial charge < -0.3 is 10.0 Å². The van der Waals surface area contributed by atoms with Gasteiger partial charge in [0.1, 0.15) is 0 Å². The van der Waals surface area contributed by atoms with E-state index in [4.69, 9.17) is 5.11 Å². The third-order valence-corrected chi connectivity index (χ3v) is 2.69. The second kappa shape index (κ2) is 10.5. The van der Waals surface area contributed by atoms with Crippen LogP contribution in [0.4, 0.5) is 0 Å². The number of carbonyl (C=O) groups excluding carboxylic acids is 1. The lowest BCUT2D eigenvalue weighted by Crippen LogP contribution is -2.37. The van der Waals surface area contributed by atoms with Gasteiger partial charge in [-0.15, -0.1) is 0 Å². The van der Waals surface area contributed by atoms with Gasteiger partial charge in [0.05, 0.1) is 6.54 Å². The van der Waals surface area contributed by atoms with Gasteiger partial charge in [-0.05, 0) is 25.5 Å². The number of aliphatic imine (C=N–C) groups is 1. The van der Waals surface area contributed by atoms with Crippen LogP contribution in [-0.4, -0.2) is 48.4 Å². The molecule has 0 aromatic rings. The van der Waals surface area contributed by atoms with Gasteiger partial charge in [-0.25, -0.2) is 0 Å². The minimum Gasteiger partial charge on any atom is -0.396 e. The van der Waals surface area contributed by atoms with E-state index >= 15 is 0 Å². The molecule has 0 spiro atoms. The van der Waals surface area contributed by atoms with Crippen LogP contribution in [0, 0.1) is 5.92 Å². The quantitative estimate of drug-likeness (QED) is 0.394. The van der Waals surface area contributed by atoms with Crippen LogP contribution in [0.1, 0.15) is 27.2 Å². The fraction of sp³-hybridized carbons (Fsp3) is 0.600. The number of rotatable bonds is 9. The molecule has 0 heterocycles. The average Bonchev–Trinajstić information content (AvgIpc) is 2.42. The zero-order valence-corrected chi connectivity index (χ0v) is 12.3. The van der Waals surface area contributed by atoms with Gasteiger partial charge in [0, 0.05) is 25.3 Å². The largest absolute Gasteiger partial charge is 0.396 e. The molecule has 0 saturated heterocycles. The predicted octanol–water partition coefficient (Wildman–Crippen LogP) is 2.06. The van der Waals surface area contributed by atoms with Crippen LogP contribution in [0.15, 0.2) is 29.3 Å². The van der Waals surface area contributed by atoms with Crippen LogP contribution in [-0.2, 0) is 4.79 Å². The van der Waals surface area contributed by atoms with Crippen molar-refractivity contribution in [2.45, 2.75) is 27.2 Å². The van der Waals surface area contributed by atoms with Crippen LogP contribution in [0.25, 0.3) is 0 Å². The Balaban J connectivity index is 4.83. The topological polar surface area (TPSA) is 52.9 Å². The summed E-state index contributed by atoms with van der Waals surface area (Å²) in [5.41, 5.74) is 0.573. The van der Waals surface area contributed by atoms with E-state index in [1.54, 1.807) is 23.3 Å². The van der Waals surface area contributed by atoms with Crippen LogP contribution in [0.3, 0.4) is 0 Å². The molecule has 0 bridgehead atoms. The van der Waals surface area contributed by atoms with E-state index in [1.165, 1.54) is 0 Å². The molecule has 0 fully saturated rings. The monoisotopic (exact) mass is 266 g/mol. The molecule has 0 aromatic heterocycles. The van der Waals surface area contributed by atoms with Crippen LogP contribution in [0.5, 0.6) is 0 Å². The zero-order valence-electron chi connectivity index (χ0n) is 12.3. The Morgan fingerprint density at radius 2 is 2.21 bits per heavy atom. The van der Waals surface area contributed by atoms with Gasteiger partial charge >= 0.3 is 0 Å². The Bertz CT molecular complexity index is 335. The van der Waals surface area contributed by atoms with Gasteiger partial charge in [0.2, 0.25) is 0 Å². The molecular formula is C15H26N2O2. The molecule has 19 heavy (non-hydrogen) atoms. The number of carbonyl (C=O) groups is 1. The standard InChI is InChI=1S/C15H26N2O2/c1-5-10-17(11-13(4)12-18)15(19)14(6-2)8-9-16-7-3/h6-8,13,18H,2,5,9-12H2,1,3-4H3. The summed E-state index contributed by atoms with van der Waals surface area (Å²) in [6.07, 6.45) is 5.95. The third kappa shape index (κ3) is 6.91. The molecule has 0 saturated carbocycles. The summed E-state index contributed by atoms with van der Waals surface area (Å²) in [5.74, 6) is 0.0404. The van der Waals surface area contributed by atoms with Crippen molar-refractivity contribution in [2.24, 2.45) is 10.9 Å². The molecular weight excluding hydrogens is 240 g/mol. The number of aliphatic hydroxyl groups excluding tert-OH is 1. The van der Waals surface area contributed by atoms with Crippen molar-refractivity contribution in [1.82, 2.24) is 4.90 Å². The molecule has 0 aliphatic carbocycles. The average molecular weight is 266 g/mol. The highest BCUT2D eigenvalue weighted by molar-refractivity contribution is 5.96. The first-order valence-electron chi connectivity index (χ1n) is 6.77. The molecule has 4 nitrogen and oxygen atoms in total. The molecule has 0 aliphatic rings. The lowest BCUT2D eigenvalue weighted by molar-refractivity contribution is -0.127. The molecule has 0 radical (unpaired) electrons. The molecule has 1 amide bonds. The maximum Gasteiger partial charge on any atom is 0.253 e. The molecule has 1 unspecified atom stereocenters. The number of nitrogens with zero attached hydrogens (tertiary/aromatic N) is 2. The van der Waals surface area contributed by atoms with E-state index in [-0.39, 0.29) is 18.4 Å². The van der Waals surface area contributed by atoms with E-state index in [0.717, 1.165) is 6.42 Å². The van der Waals surface area contributed by atoms with Gasteiger partial charge in [-0.2, -0.15) is 0 Å². The van der Waals surface area contributed by atoms with E-state index in [0.29, 0.717) is 25.2 Å². The zero-order chi connectivity index (χ0) is 14.7. The van der Waals surface area contributed by atoms with E-state index in [1.807, 2.05) is 20.8 Å². The SMILES string of the molecule is C=CC(=CCN=CC)C(=O)N(CCC)CC(C)CO. The summed E-state index contributed by atoms with van der Waals surface area (Å²) in [5, 5.41) is 9.11. The highest BCUT2D eigenvalue weighted by atomic mass is 16.3. The summed E-state index contributed by atoms with van der Waals surface area (Å²) in [4.78, 5) is 18.2. The van der Waals surface area contributed by atoms with Crippen molar-refractivity contribution in [3.8, 4) is 0 Å². The van der Waals surface area contributed by atoms with Gasteiger partial charge in [0.25, 0.3) is 5.91 Å². The fourth-order valence-electron chi connectivity index (χ4n) is 1.68. The molecule has 0 aliphatic heterocycles. The van der Waals surface area contributed by atoms with E-state index < -0.39 is 0 Å². The minimum absolute atomic E-state index is 0.0385. The number of hydrogen-bond acceptors (Lipinski definition) is 3. The minimum atomic E-state index is -0.0385. The number of hydrogen-bond donors (Lipinski definition) is 1. The van der Waals surface area contributed by atoms with Crippen molar-refractivity contribution in [3.05, 3.63) is 24.3 Å². The number of amides is 1. The Kier molecular flexibility index (Phi) is 9.71. The first-order valence-corrected chi connectivity index (χ1v) is 6.77. The van der Waals surface area contributed by atoms with Crippen molar-refractivity contribution in [3.63, 3.8) is 0 Å². The molecule has 1 atom stereocenters. The van der Waals surface area contributed by atoms with E-state index in [2.05, 4.69) is 11.6 Å². The second-order valence-electron chi connectivity index (χ2n) is 4.53. The molecule has 4 heteroatoms. The predicted molar refractivity (Wildman–Crippen MR) is 80.4 cm³/mol. The molecule has 1 N–H and O–H groups in total. The van der Waals surface area contributed by atoms with Crippen molar-refractivity contribution in [2.75, 3.05) is 26.2 Å². The van der Waals surface area contributed by atoms with Crippen molar-refractivity contribution < 1.29 is 9.90 Å². The number of aliphatic hydroxyl groups is 1. The fourth-order valence-corrected chi connectivity index (χ4v) is 1.68. The first kappa shape index (κ1) is 17.6. The first-order chi connectivity index (χ1) is 9.10. The smallest absolute Gasteiger partial charge is 0.253 e. The summed E-state index contributed by atoms with van der Waals surface area (Å²) >= 11 is 0. The molecule has 0 aromatic carbocycles. The Morgan fingerprint density at radius 1 is 1.53 bits per heavy atom. The molecule has 0 rings (SSSR count). The van der Waals surface area contributed by atoms with Gasteiger partial charge in [-0.3, -0.25) is 9.79 Å². The van der Waals surface area contributed by atoms with Gasteiger partial charge in [0.15, 0.2) is 0 Å². The summed E-state index contributed by atoms with van der Waals surface area (Å²) in [7, 11) is 0. The van der Waals surface area contributed by atoms with Crippen LogP contribution in [0.2, 0.25) is 0 Å². The third-order valence-electron chi connectivity index (χ3n) is 2.69. The second-order valence-corrected chi connectivity index (χ2v) is 4.53. The van der Waals surface area contributed by atoms with Crippen LogP contribution < -0.4 is 0 Å². The highest BCUT2D eigenvalue weighted by Gasteiger charge is 2.17. The lowest BCUT2D eigenvalue weighted by atomic mass is 10.1. The highest BCUT2D eigenvalue weighted by Crippen LogP contribution is 2.08. The maximum atomic E-state index is 12.4. The summed E-state index contributed by atoms with van der Waals surface area (Å²) in [6.45, 7) is 11.3. The van der Waals surface area contributed by atoms with Crippen molar-refractivity contribution >= 4 is 12.1 Å². The Morgan fingerprint density at radius 3 is 2.68 bits per heavy atom. The van der Waals surface area contributed by atoms with Crippen molar-refractivity contribution in [1.29, 1.82) is 0 Å². The van der Waals surface area contributed by atoms with E-state index in [9.17, 15) is 4.79 Å². The Hall–Kier alpha value is -1.42. The Labute approximate surface area is 116 Å². The maximum absolute atomic E-state index is 12.4.